The number of aromatic nitrogens is 1. The summed E-state index contributed by atoms with van der Waals surface area (Å²) in [6.45, 7) is 3.82. The first kappa shape index (κ1) is 15.8. The molecule has 0 atom stereocenters. The third kappa shape index (κ3) is 4.12. The summed E-state index contributed by atoms with van der Waals surface area (Å²) >= 11 is 0. The van der Waals surface area contributed by atoms with Crippen LogP contribution in [0.1, 0.15) is 12.5 Å². The van der Waals surface area contributed by atoms with Gasteiger partial charge in [0.25, 0.3) is 0 Å². The van der Waals surface area contributed by atoms with Gasteiger partial charge in [-0.1, -0.05) is 18.2 Å². The number of hydrogen-bond donors (Lipinski definition) is 3. The van der Waals surface area contributed by atoms with E-state index in [9.17, 15) is 0 Å². The van der Waals surface area contributed by atoms with Gasteiger partial charge < -0.3 is 15.6 Å². The van der Waals surface area contributed by atoms with E-state index < -0.39 is 0 Å². The first-order chi connectivity index (χ1) is 8.85. The first-order valence-electron chi connectivity index (χ1n) is 6.34. The number of aromatic amines is 1. The van der Waals surface area contributed by atoms with Crippen LogP contribution in [-0.2, 0) is 6.42 Å². The van der Waals surface area contributed by atoms with Gasteiger partial charge in [0.05, 0.1) is 0 Å². The maximum absolute atomic E-state index is 4.15. The highest BCUT2D eigenvalue weighted by Gasteiger charge is 2.02. The monoisotopic (exact) mass is 372 g/mol. The van der Waals surface area contributed by atoms with E-state index in [-0.39, 0.29) is 24.0 Å². The molecule has 2 rings (SSSR count). The topological polar surface area (TPSA) is 52.2 Å². The molecule has 0 bridgehead atoms. The molecule has 0 saturated carbocycles. The van der Waals surface area contributed by atoms with Crippen LogP contribution in [0.15, 0.2) is 35.5 Å². The number of hydrogen-bond acceptors (Lipinski definition) is 1. The number of fused-ring (bicyclic) bond motifs is 1. The van der Waals surface area contributed by atoms with Gasteiger partial charge in [-0.15, -0.1) is 24.0 Å². The fourth-order valence-corrected chi connectivity index (χ4v) is 2.04. The first-order valence-corrected chi connectivity index (χ1v) is 6.34. The van der Waals surface area contributed by atoms with E-state index in [1.54, 1.807) is 7.05 Å². The molecule has 0 aliphatic heterocycles. The normalized spacial score (nSPS) is 11.2. The molecule has 5 heteroatoms. The van der Waals surface area contributed by atoms with E-state index >= 15 is 0 Å². The Morgan fingerprint density at radius 1 is 1.26 bits per heavy atom. The third-order valence-corrected chi connectivity index (χ3v) is 2.93. The Labute approximate surface area is 131 Å². The molecule has 0 radical (unpaired) electrons. The lowest BCUT2D eigenvalue weighted by atomic mass is 10.1. The molecule has 0 spiro atoms. The zero-order valence-electron chi connectivity index (χ0n) is 11.4. The van der Waals surface area contributed by atoms with Gasteiger partial charge in [0.15, 0.2) is 5.96 Å². The predicted octanol–water partition coefficient (Wildman–Crippen LogP) is 2.51. The van der Waals surface area contributed by atoms with E-state index in [0.29, 0.717) is 0 Å². The summed E-state index contributed by atoms with van der Waals surface area (Å²) in [6.07, 6.45) is 3.07. The average molecular weight is 372 g/mol. The molecule has 4 nitrogen and oxygen atoms in total. The molecule has 3 N–H and O–H groups in total. The summed E-state index contributed by atoms with van der Waals surface area (Å²) in [6, 6.07) is 8.38. The molecule has 1 aromatic heterocycles. The van der Waals surface area contributed by atoms with Crippen molar-refractivity contribution in [3.8, 4) is 0 Å². The lowest BCUT2D eigenvalue weighted by Gasteiger charge is -2.09. The number of aliphatic imine (C=N–C) groups is 1. The Hall–Kier alpha value is -1.24. The molecule has 0 aliphatic rings. The van der Waals surface area contributed by atoms with Crippen LogP contribution >= 0.6 is 24.0 Å². The smallest absolute Gasteiger partial charge is 0.190 e. The van der Waals surface area contributed by atoms with Gasteiger partial charge in [-0.25, -0.2) is 0 Å². The summed E-state index contributed by atoms with van der Waals surface area (Å²) in [5.74, 6) is 0.859. The van der Waals surface area contributed by atoms with E-state index in [0.717, 1.165) is 25.5 Å². The zero-order chi connectivity index (χ0) is 12.8. The summed E-state index contributed by atoms with van der Waals surface area (Å²) in [5.41, 5.74) is 2.54. The number of rotatable bonds is 4. The second-order valence-corrected chi connectivity index (χ2v) is 4.14. The molecule has 1 aromatic carbocycles. The summed E-state index contributed by atoms with van der Waals surface area (Å²) < 4.78 is 0. The maximum atomic E-state index is 4.15. The molecule has 19 heavy (non-hydrogen) atoms. The third-order valence-electron chi connectivity index (χ3n) is 2.93. The molecule has 104 valence electrons. The summed E-state index contributed by atoms with van der Waals surface area (Å²) in [4.78, 5) is 7.44. The molecular formula is C14H21IN4. The van der Waals surface area contributed by atoms with Crippen molar-refractivity contribution in [3.63, 3.8) is 0 Å². The minimum absolute atomic E-state index is 0. The van der Waals surface area contributed by atoms with Gasteiger partial charge in [0, 0.05) is 37.2 Å². The standard InChI is InChI=1S/C14H20N4.HI/c1-3-16-14(15-2)17-9-8-11-10-18-13-7-5-4-6-12(11)13;/h4-7,10,18H,3,8-9H2,1-2H3,(H2,15,16,17);1H. The van der Waals surface area contributed by atoms with Crippen molar-refractivity contribution in [1.29, 1.82) is 0 Å². The Balaban J connectivity index is 0.00000180. The number of halogens is 1. The number of H-pyrrole nitrogens is 1. The van der Waals surface area contributed by atoms with Crippen LogP contribution in [0.25, 0.3) is 10.9 Å². The summed E-state index contributed by atoms with van der Waals surface area (Å²) in [5, 5.41) is 7.78. The van der Waals surface area contributed by atoms with E-state index in [2.05, 4.69) is 51.9 Å². The Kier molecular flexibility index (Phi) is 6.69. The number of nitrogens with zero attached hydrogens (tertiary/aromatic N) is 1. The highest BCUT2D eigenvalue weighted by molar-refractivity contribution is 14.0. The Bertz CT molecular complexity index is 533. The largest absolute Gasteiger partial charge is 0.361 e. The zero-order valence-corrected chi connectivity index (χ0v) is 13.7. The van der Waals surface area contributed by atoms with Crippen LogP contribution in [0.2, 0.25) is 0 Å². The maximum Gasteiger partial charge on any atom is 0.190 e. The van der Waals surface area contributed by atoms with Crippen molar-refractivity contribution in [2.75, 3.05) is 20.1 Å². The number of nitrogens with one attached hydrogen (secondary N) is 3. The Morgan fingerprint density at radius 2 is 2.05 bits per heavy atom. The van der Waals surface area contributed by atoms with Gasteiger partial charge in [0.2, 0.25) is 0 Å². The van der Waals surface area contributed by atoms with Crippen molar-refractivity contribution >= 4 is 40.8 Å². The van der Waals surface area contributed by atoms with Crippen molar-refractivity contribution in [2.24, 2.45) is 4.99 Å². The molecule has 2 aromatic rings. The minimum Gasteiger partial charge on any atom is -0.361 e. The van der Waals surface area contributed by atoms with E-state index in [4.69, 9.17) is 0 Å². The average Bonchev–Trinajstić information content (AvgIpc) is 2.81. The number of benzene rings is 1. The number of guanidine groups is 1. The second-order valence-electron chi connectivity index (χ2n) is 4.14. The van der Waals surface area contributed by atoms with Gasteiger partial charge in [-0.3, -0.25) is 4.99 Å². The molecular weight excluding hydrogens is 351 g/mol. The van der Waals surface area contributed by atoms with Crippen LogP contribution in [-0.4, -0.2) is 31.1 Å². The van der Waals surface area contributed by atoms with Crippen molar-refractivity contribution in [3.05, 3.63) is 36.0 Å². The number of para-hydroxylation sites is 1. The molecule has 0 amide bonds. The minimum atomic E-state index is 0. The molecule has 0 unspecified atom stereocenters. The molecule has 1 heterocycles. The molecule has 0 aliphatic carbocycles. The van der Waals surface area contributed by atoms with Crippen LogP contribution in [0, 0.1) is 0 Å². The van der Waals surface area contributed by atoms with E-state index in [1.165, 1.54) is 16.5 Å². The van der Waals surface area contributed by atoms with Crippen LogP contribution in [0.4, 0.5) is 0 Å². The predicted molar refractivity (Wildman–Crippen MR) is 92.5 cm³/mol. The van der Waals surface area contributed by atoms with Gasteiger partial charge in [-0.05, 0) is 25.0 Å². The highest BCUT2D eigenvalue weighted by atomic mass is 127. The van der Waals surface area contributed by atoms with Gasteiger partial charge >= 0.3 is 0 Å². The van der Waals surface area contributed by atoms with Crippen molar-refractivity contribution in [1.82, 2.24) is 15.6 Å². The van der Waals surface area contributed by atoms with Crippen molar-refractivity contribution in [2.45, 2.75) is 13.3 Å². The molecule has 0 fully saturated rings. The lowest BCUT2D eigenvalue weighted by Crippen LogP contribution is -2.38. The fourth-order valence-electron chi connectivity index (χ4n) is 2.04. The lowest BCUT2D eigenvalue weighted by molar-refractivity contribution is 0.812. The van der Waals surface area contributed by atoms with Crippen LogP contribution in [0.3, 0.4) is 0 Å². The van der Waals surface area contributed by atoms with Crippen LogP contribution < -0.4 is 10.6 Å². The fraction of sp³-hybridized carbons (Fsp3) is 0.357. The van der Waals surface area contributed by atoms with E-state index in [1.807, 2.05) is 6.07 Å². The SMILES string of the molecule is CCNC(=NC)NCCc1c[nH]c2ccccc12.I. The quantitative estimate of drug-likeness (QED) is 0.439. The second kappa shape index (κ2) is 8.04. The van der Waals surface area contributed by atoms with Gasteiger partial charge in [0.1, 0.15) is 0 Å². The van der Waals surface area contributed by atoms with Crippen LogP contribution in [0.5, 0.6) is 0 Å². The highest BCUT2D eigenvalue weighted by Crippen LogP contribution is 2.17. The molecule has 0 saturated heterocycles. The Morgan fingerprint density at radius 3 is 2.79 bits per heavy atom. The van der Waals surface area contributed by atoms with Gasteiger partial charge in [-0.2, -0.15) is 0 Å². The summed E-state index contributed by atoms with van der Waals surface area (Å²) in [7, 11) is 1.79. The van der Waals surface area contributed by atoms with Crippen molar-refractivity contribution < 1.29 is 0 Å².